The van der Waals surface area contributed by atoms with E-state index in [2.05, 4.69) is 11.8 Å². The zero-order valence-corrected chi connectivity index (χ0v) is 12.3. The van der Waals surface area contributed by atoms with Gasteiger partial charge in [-0.2, -0.15) is 0 Å². The summed E-state index contributed by atoms with van der Waals surface area (Å²) in [4.78, 5) is 14.2. The number of carbonyl (C=O) groups is 1. The molecule has 2 aromatic rings. The number of rotatable bonds is 2. The van der Waals surface area contributed by atoms with Gasteiger partial charge in [0.05, 0.1) is 6.54 Å². The molecule has 0 saturated carbocycles. The molecule has 0 aromatic heterocycles. The molecule has 2 rings (SSSR count). The molecular weight excluding hydrogens is 260 g/mol. The van der Waals surface area contributed by atoms with Crippen LogP contribution in [0.4, 0.5) is 5.69 Å². The Morgan fingerprint density at radius 3 is 2.43 bits per heavy atom. The van der Waals surface area contributed by atoms with Gasteiger partial charge in [-0.3, -0.25) is 4.79 Å². The van der Waals surface area contributed by atoms with Crippen molar-refractivity contribution in [2.24, 2.45) is 5.73 Å². The summed E-state index contributed by atoms with van der Waals surface area (Å²) >= 11 is 0. The Labute approximate surface area is 125 Å². The summed E-state index contributed by atoms with van der Waals surface area (Å²) in [7, 11) is 1.78. The first kappa shape index (κ1) is 14.8. The van der Waals surface area contributed by atoms with E-state index in [1.54, 1.807) is 24.1 Å². The third kappa shape index (κ3) is 3.50. The predicted molar refractivity (Wildman–Crippen MR) is 86.3 cm³/mol. The molecule has 0 saturated heterocycles. The molecule has 0 spiro atoms. The van der Waals surface area contributed by atoms with Crippen molar-refractivity contribution in [2.75, 3.05) is 18.5 Å². The molecular formula is C18H18N2O. The average Bonchev–Trinajstić information content (AvgIpc) is 2.52. The zero-order chi connectivity index (χ0) is 15.2. The SMILES string of the molecule is Cc1ccccc1N(C)C(=O)c1ccc(C#CCN)cc1. The van der Waals surface area contributed by atoms with Crippen LogP contribution in [0.1, 0.15) is 21.5 Å². The highest BCUT2D eigenvalue weighted by atomic mass is 16.2. The fraction of sp³-hybridized carbons (Fsp3) is 0.167. The van der Waals surface area contributed by atoms with Crippen LogP contribution in [0.15, 0.2) is 48.5 Å². The van der Waals surface area contributed by atoms with Crippen LogP contribution in [0.2, 0.25) is 0 Å². The number of hydrogen-bond acceptors (Lipinski definition) is 2. The molecule has 0 bridgehead atoms. The minimum atomic E-state index is -0.0392. The van der Waals surface area contributed by atoms with E-state index in [-0.39, 0.29) is 5.91 Å². The smallest absolute Gasteiger partial charge is 0.258 e. The number of para-hydroxylation sites is 1. The Morgan fingerprint density at radius 1 is 1.14 bits per heavy atom. The van der Waals surface area contributed by atoms with Gasteiger partial charge >= 0.3 is 0 Å². The zero-order valence-electron chi connectivity index (χ0n) is 12.3. The predicted octanol–water partition coefficient (Wildman–Crippen LogP) is 2.58. The van der Waals surface area contributed by atoms with E-state index in [0.29, 0.717) is 12.1 Å². The van der Waals surface area contributed by atoms with Gasteiger partial charge in [0.15, 0.2) is 0 Å². The van der Waals surface area contributed by atoms with Gasteiger partial charge in [0.25, 0.3) is 5.91 Å². The van der Waals surface area contributed by atoms with Gasteiger partial charge in [0, 0.05) is 23.9 Å². The third-order valence-electron chi connectivity index (χ3n) is 3.25. The highest BCUT2D eigenvalue weighted by Gasteiger charge is 2.14. The van der Waals surface area contributed by atoms with Crippen LogP contribution in [0, 0.1) is 18.8 Å². The summed E-state index contributed by atoms with van der Waals surface area (Å²) in [6, 6.07) is 15.1. The Kier molecular flexibility index (Phi) is 4.76. The van der Waals surface area contributed by atoms with Gasteiger partial charge in [-0.25, -0.2) is 0 Å². The molecule has 0 aliphatic carbocycles. The molecule has 21 heavy (non-hydrogen) atoms. The lowest BCUT2D eigenvalue weighted by Gasteiger charge is -2.19. The topological polar surface area (TPSA) is 46.3 Å². The minimum absolute atomic E-state index is 0.0392. The number of aryl methyl sites for hydroxylation is 1. The molecule has 0 fully saturated rings. The summed E-state index contributed by atoms with van der Waals surface area (Å²) < 4.78 is 0. The van der Waals surface area contributed by atoms with Crippen molar-refractivity contribution in [1.29, 1.82) is 0 Å². The first-order valence-electron chi connectivity index (χ1n) is 6.76. The van der Waals surface area contributed by atoms with Crippen molar-refractivity contribution >= 4 is 11.6 Å². The molecule has 0 radical (unpaired) electrons. The normalized spacial score (nSPS) is 9.67. The van der Waals surface area contributed by atoms with Gasteiger partial charge in [-0.05, 0) is 42.8 Å². The molecule has 2 aromatic carbocycles. The Hall–Kier alpha value is -2.57. The van der Waals surface area contributed by atoms with Gasteiger partial charge in [0.2, 0.25) is 0 Å². The molecule has 2 N–H and O–H groups in total. The number of anilines is 1. The molecule has 1 amide bonds. The molecule has 106 valence electrons. The standard InChI is InChI=1S/C18H18N2O/c1-14-6-3-4-8-17(14)20(2)18(21)16-11-9-15(10-12-16)7-5-13-19/h3-4,6,8-12H,13,19H2,1-2H3. The van der Waals surface area contributed by atoms with E-state index in [4.69, 9.17) is 5.73 Å². The molecule has 0 atom stereocenters. The number of carbonyl (C=O) groups excluding carboxylic acids is 1. The van der Waals surface area contributed by atoms with Crippen LogP contribution < -0.4 is 10.6 Å². The van der Waals surface area contributed by atoms with Crippen molar-refractivity contribution in [2.45, 2.75) is 6.92 Å². The second kappa shape index (κ2) is 6.74. The average molecular weight is 278 g/mol. The van der Waals surface area contributed by atoms with Crippen LogP contribution in [0.25, 0.3) is 0 Å². The molecule has 3 heteroatoms. The molecule has 0 aliphatic rings. The highest BCUT2D eigenvalue weighted by Crippen LogP contribution is 2.20. The number of nitrogens with zero attached hydrogens (tertiary/aromatic N) is 1. The highest BCUT2D eigenvalue weighted by molar-refractivity contribution is 6.06. The van der Waals surface area contributed by atoms with Crippen LogP contribution >= 0.6 is 0 Å². The lowest BCUT2D eigenvalue weighted by molar-refractivity contribution is 0.0993. The maximum Gasteiger partial charge on any atom is 0.258 e. The molecule has 0 unspecified atom stereocenters. The van der Waals surface area contributed by atoms with Crippen LogP contribution in [-0.2, 0) is 0 Å². The lowest BCUT2D eigenvalue weighted by Crippen LogP contribution is -2.26. The van der Waals surface area contributed by atoms with Crippen LogP contribution in [-0.4, -0.2) is 19.5 Å². The summed E-state index contributed by atoms with van der Waals surface area (Å²) in [5.41, 5.74) is 8.81. The van der Waals surface area contributed by atoms with Gasteiger partial charge in [-0.1, -0.05) is 30.0 Å². The number of nitrogens with two attached hydrogens (primary N) is 1. The van der Waals surface area contributed by atoms with Crippen molar-refractivity contribution in [3.05, 3.63) is 65.2 Å². The maximum atomic E-state index is 12.5. The van der Waals surface area contributed by atoms with Crippen molar-refractivity contribution in [1.82, 2.24) is 0 Å². The first-order chi connectivity index (χ1) is 10.1. The summed E-state index contributed by atoms with van der Waals surface area (Å²) in [6.07, 6.45) is 0. The Balaban J connectivity index is 2.22. The minimum Gasteiger partial charge on any atom is -0.320 e. The maximum absolute atomic E-state index is 12.5. The van der Waals surface area contributed by atoms with E-state index in [1.807, 2.05) is 43.3 Å². The second-order valence-electron chi connectivity index (χ2n) is 4.73. The van der Waals surface area contributed by atoms with Crippen LogP contribution in [0.5, 0.6) is 0 Å². The van der Waals surface area contributed by atoms with Crippen LogP contribution in [0.3, 0.4) is 0 Å². The van der Waals surface area contributed by atoms with Gasteiger partial charge in [0.1, 0.15) is 0 Å². The van der Waals surface area contributed by atoms with E-state index < -0.39 is 0 Å². The monoisotopic (exact) mass is 278 g/mol. The summed E-state index contributed by atoms with van der Waals surface area (Å²) in [6.45, 7) is 2.32. The third-order valence-corrected chi connectivity index (χ3v) is 3.25. The fourth-order valence-corrected chi connectivity index (χ4v) is 2.09. The quantitative estimate of drug-likeness (QED) is 0.858. The molecule has 3 nitrogen and oxygen atoms in total. The van der Waals surface area contributed by atoms with Crippen molar-refractivity contribution in [3.8, 4) is 11.8 Å². The van der Waals surface area contributed by atoms with E-state index in [0.717, 1.165) is 16.8 Å². The van der Waals surface area contributed by atoms with E-state index >= 15 is 0 Å². The largest absolute Gasteiger partial charge is 0.320 e. The van der Waals surface area contributed by atoms with E-state index in [9.17, 15) is 4.79 Å². The van der Waals surface area contributed by atoms with Gasteiger partial charge in [-0.15, -0.1) is 0 Å². The number of amides is 1. The fourth-order valence-electron chi connectivity index (χ4n) is 2.09. The Morgan fingerprint density at radius 2 is 1.81 bits per heavy atom. The van der Waals surface area contributed by atoms with E-state index in [1.165, 1.54) is 0 Å². The lowest BCUT2D eigenvalue weighted by atomic mass is 10.1. The molecule has 0 heterocycles. The summed E-state index contributed by atoms with van der Waals surface area (Å²) in [5.74, 6) is 5.69. The number of benzene rings is 2. The molecule has 0 aliphatic heterocycles. The second-order valence-corrected chi connectivity index (χ2v) is 4.73. The van der Waals surface area contributed by atoms with Gasteiger partial charge < -0.3 is 10.6 Å². The summed E-state index contributed by atoms with van der Waals surface area (Å²) in [5, 5.41) is 0. The first-order valence-corrected chi connectivity index (χ1v) is 6.76. The van der Waals surface area contributed by atoms with Crippen molar-refractivity contribution < 1.29 is 4.79 Å². The number of hydrogen-bond donors (Lipinski definition) is 1. The Bertz CT molecular complexity index is 693. The van der Waals surface area contributed by atoms with Crippen molar-refractivity contribution in [3.63, 3.8) is 0 Å².